The maximum absolute atomic E-state index is 11.3. The highest BCUT2D eigenvalue weighted by Crippen LogP contribution is 2.26. The first-order chi connectivity index (χ1) is 9.93. The number of hydrogen-bond donors (Lipinski definition) is 2. The molecule has 0 atom stereocenters. The third-order valence-electron chi connectivity index (χ3n) is 3.00. The van der Waals surface area contributed by atoms with E-state index in [0.717, 1.165) is 18.4 Å². The molecule has 0 fully saturated rings. The fourth-order valence-corrected chi connectivity index (χ4v) is 2.27. The van der Waals surface area contributed by atoms with Gasteiger partial charge >= 0.3 is 5.97 Å². The third-order valence-corrected chi connectivity index (χ3v) is 3.35. The van der Waals surface area contributed by atoms with Crippen LogP contribution in [0.2, 0.25) is 5.02 Å². The molecule has 0 aliphatic carbocycles. The lowest BCUT2D eigenvalue weighted by Crippen LogP contribution is -2.30. The van der Waals surface area contributed by atoms with E-state index in [1.165, 1.54) is 6.92 Å². The molecule has 2 N–H and O–H groups in total. The molecular formula is C15H21ClN2O3. The molecule has 5 nitrogen and oxygen atoms in total. The first kappa shape index (κ1) is 17.5. The molecule has 1 aromatic rings. The summed E-state index contributed by atoms with van der Waals surface area (Å²) in [5.41, 5.74) is 1.37. The maximum atomic E-state index is 11.3. The molecule has 0 unspecified atom stereocenters. The summed E-state index contributed by atoms with van der Waals surface area (Å²) in [6.45, 7) is 4.49. The number of nitrogens with one attached hydrogen (secondary N) is 1. The van der Waals surface area contributed by atoms with Crippen LogP contribution >= 0.6 is 11.6 Å². The van der Waals surface area contributed by atoms with Crippen LogP contribution < -0.4 is 5.32 Å². The van der Waals surface area contributed by atoms with E-state index in [0.29, 0.717) is 23.8 Å². The number of benzene rings is 1. The Labute approximate surface area is 129 Å². The van der Waals surface area contributed by atoms with Crippen molar-refractivity contribution in [1.82, 2.24) is 4.90 Å². The Morgan fingerprint density at radius 2 is 2.10 bits per heavy atom. The monoisotopic (exact) mass is 312 g/mol. The summed E-state index contributed by atoms with van der Waals surface area (Å²) < 4.78 is 0. The van der Waals surface area contributed by atoms with E-state index in [2.05, 4.69) is 12.2 Å². The lowest BCUT2D eigenvalue weighted by molar-refractivity contribution is -0.138. The maximum Gasteiger partial charge on any atom is 0.317 e. The topological polar surface area (TPSA) is 69.6 Å². The number of aliphatic carboxylic acids is 1. The summed E-state index contributed by atoms with van der Waals surface area (Å²) in [5.74, 6) is -1.06. The summed E-state index contributed by atoms with van der Waals surface area (Å²) in [5, 5.41) is 12.3. The van der Waals surface area contributed by atoms with E-state index in [-0.39, 0.29) is 12.5 Å². The second kappa shape index (κ2) is 8.64. The molecular weight excluding hydrogens is 292 g/mol. The highest BCUT2D eigenvalue weighted by molar-refractivity contribution is 6.31. The number of halogens is 1. The van der Waals surface area contributed by atoms with Crippen molar-refractivity contribution < 1.29 is 14.7 Å². The second-order valence-electron chi connectivity index (χ2n) is 4.91. The molecule has 0 aromatic heterocycles. The average molecular weight is 313 g/mol. The zero-order chi connectivity index (χ0) is 15.8. The Kier molecular flexibility index (Phi) is 7.19. The predicted octanol–water partition coefficient (Wildman–Crippen LogP) is 2.99. The summed E-state index contributed by atoms with van der Waals surface area (Å²) in [6, 6.07) is 5.26. The Balaban J connectivity index is 2.95. The van der Waals surface area contributed by atoms with Gasteiger partial charge in [-0.15, -0.1) is 0 Å². The van der Waals surface area contributed by atoms with Gasteiger partial charge in [0.2, 0.25) is 5.91 Å². The van der Waals surface area contributed by atoms with Crippen molar-refractivity contribution in [2.45, 2.75) is 33.2 Å². The number of carboxylic acid groups (broad SMARTS) is 1. The number of carboxylic acids is 1. The molecule has 0 aliphatic rings. The van der Waals surface area contributed by atoms with E-state index in [1.54, 1.807) is 18.2 Å². The highest BCUT2D eigenvalue weighted by atomic mass is 35.5. The number of carbonyl (C=O) groups excluding carboxylic acids is 1. The number of rotatable bonds is 8. The minimum Gasteiger partial charge on any atom is -0.480 e. The van der Waals surface area contributed by atoms with Crippen molar-refractivity contribution in [3.63, 3.8) is 0 Å². The van der Waals surface area contributed by atoms with Crippen LogP contribution in [-0.4, -0.2) is 35.0 Å². The van der Waals surface area contributed by atoms with Gasteiger partial charge in [0.25, 0.3) is 0 Å². The molecule has 0 saturated heterocycles. The summed E-state index contributed by atoms with van der Waals surface area (Å²) >= 11 is 6.20. The smallest absolute Gasteiger partial charge is 0.317 e. The standard InChI is InChI=1S/C15H21ClN2O3/c1-3-4-8-18(10-15(20)21)9-12-13(16)6-5-7-14(12)17-11(2)19/h5-7H,3-4,8-10H2,1-2H3,(H,17,19)(H,20,21). The zero-order valence-corrected chi connectivity index (χ0v) is 13.1. The molecule has 1 rings (SSSR count). The SMILES string of the molecule is CCCCN(CC(=O)O)Cc1c(Cl)cccc1NC(C)=O. The van der Waals surface area contributed by atoms with Gasteiger partial charge in [0.05, 0.1) is 6.54 Å². The first-order valence-electron chi connectivity index (χ1n) is 6.93. The minimum atomic E-state index is -0.876. The number of hydrogen-bond acceptors (Lipinski definition) is 3. The molecule has 116 valence electrons. The number of amides is 1. The van der Waals surface area contributed by atoms with Crippen LogP contribution in [0.3, 0.4) is 0 Å². The average Bonchev–Trinajstić information content (AvgIpc) is 2.38. The second-order valence-corrected chi connectivity index (χ2v) is 5.31. The highest BCUT2D eigenvalue weighted by Gasteiger charge is 2.15. The van der Waals surface area contributed by atoms with Crippen LogP contribution in [0.1, 0.15) is 32.3 Å². The van der Waals surface area contributed by atoms with E-state index < -0.39 is 5.97 Å². The Morgan fingerprint density at radius 1 is 1.38 bits per heavy atom. The van der Waals surface area contributed by atoms with Crippen molar-refractivity contribution >= 4 is 29.2 Å². The van der Waals surface area contributed by atoms with Crippen molar-refractivity contribution in [3.05, 3.63) is 28.8 Å². The van der Waals surface area contributed by atoms with E-state index >= 15 is 0 Å². The van der Waals surface area contributed by atoms with Crippen LogP contribution in [0.5, 0.6) is 0 Å². The van der Waals surface area contributed by atoms with E-state index in [9.17, 15) is 9.59 Å². The van der Waals surface area contributed by atoms with Crippen molar-refractivity contribution in [1.29, 1.82) is 0 Å². The van der Waals surface area contributed by atoms with Gasteiger partial charge in [0.15, 0.2) is 0 Å². The third kappa shape index (κ3) is 6.14. The van der Waals surface area contributed by atoms with Crippen LogP contribution in [0, 0.1) is 0 Å². The van der Waals surface area contributed by atoms with Crippen LogP contribution in [-0.2, 0) is 16.1 Å². The molecule has 1 aromatic carbocycles. The van der Waals surface area contributed by atoms with Gasteiger partial charge in [-0.3, -0.25) is 14.5 Å². The van der Waals surface area contributed by atoms with Crippen LogP contribution in [0.25, 0.3) is 0 Å². The number of nitrogens with zero attached hydrogens (tertiary/aromatic N) is 1. The van der Waals surface area contributed by atoms with Crippen LogP contribution in [0.15, 0.2) is 18.2 Å². The van der Waals surface area contributed by atoms with E-state index in [4.69, 9.17) is 16.7 Å². The molecule has 0 radical (unpaired) electrons. The summed E-state index contributed by atoms with van der Waals surface area (Å²) in [7, 11) is 0. The molecule has 0 aliphatic heterocycles. The number of anilines is 1. The first-order valence-corrected chi connectivity index (χ1v) is 7.31. The van der Waals surface area contributed by atoms with Gasteiger partial charge in [-0.25, -0.2) is 0 Å². The molecule has 0 spiro atoms. The normalized spacial score (nSPS) is 10.7. The van der Waals surface area contributed by atoms with Gasteiger partial charge < -0.3 is 10.4 Å². The number of unbranched alkanes of at least 4 members (excludes halogenated alkanes) is 1. The van der Waals surface area contributed by atoms with Gasteiger partial charge in [-0.2, -0.15) is 0 Å². The summed E-state index contributed by atoms with van der Waals surface area (Å²) in [4.78, 5) is 24.0. The molecule has 0 heterocycles. The van der Waals surface area contributed by atoms with Gasteiger partial charge in [0, 0.05) is 29.7 Å². The van der Waals surface area contributed by atoms with Gasteiger partial charge in [-0.1, -0.05) is 31.0 Å². The molecule has 0 bridgehead atoms. The Bertz CT molecular complexity index is 506. The quantitative estimate of drug-likeness (QED) is 0.774. The molecule has 21 heavy (non-hydrogen) atoms. The number of carbonyl (C=O) groups is 2. The van der Waals surface area contributed by atoms with Crippen molar-refractivity contribution in [2.24, 2.45) is 0 Å². The fraction of sp³-hybridized carbons (Fsp3) is 0.467. The van der Waals surface area contributed by atoms with Gasteiger partial charge in [0.1, 0.15) is 0 Å². The van der Waals surface area contributed by atoms with Crippen LogP contribution in [0.4, 0.5) is 5.69 Å². The zero-order valence-electron chi connectivity index (χ0n) is 12.4. The lowest BCUT2D eigenvalue weighted by Gasteiger charge is -2.22. The predicted molar refractivity (Wildman–Crippen MR) is 83.6 cm³/mol. The molecule has 1 amide bonds. The van der Waals surface area contributed by atoms with E-state index in [1.807, 2.05) is 4.90 Å². The molecule has 0 saturated carbocycles. The van der Waals surface area contributed by atoms with Crippen molar-refractivity contribution in [3.8, 4) is 0 Å². The Morgan fingerprint density at radius 3 is 2.67 bits per heavy atom. The lowest BCUT2D eigenvalue weighted by atomic mass is 10.1. The van der Waals surface area contributed by atoms with Gasteiger partial charge in [-0.05, 0) is 25.1 Å². The molecule has 6 heteroatoms. The fourth-order valence-electron chi connectivity index (χ4n) is 2.04. The minimum absolute atomic E-state index is 0.0509. The largest absolute Gasteiger partial charge is 0.480 e. The Hall–Kier alpha value is -1.59. The van der Waals surface area contributed by atoms with Crippen molar-refractivity contribution in [2.75, 3.05) is 18.4 Å². The summed E-state index contributed by atoms with van der Waals surface area (Å²) in [6.07, 6.45) is 1.89.